The van der Waals surface area contributed by atoms with Crippen molar-refractivity contribution in [1.29, 1.82) is 0 Å². The van der Waals surface area contributed by atoms with Crippen molar-refractivity contribution in [2.45, 2.75) is 168 Å². The minimum absolute atomic E-state index is 0.0133. The Hall–Kier alpha value is -12.5. The second-order valence-corrected chi connectivity index (χ2v) is 32.2. The molecule has 0 spiro atoms. The van der Waals surface area contributed by atoms with Crippen LogP contribution in [0.3, 0.4) is 0 Å². The maximum Gasteiger partial charge on any atom is 0.416 e. The summed E-state index contributed by atoms with van der Waals surface area (Å²) in [6.07, 6.45) is -37.9. The number of piperidine rings is 3. The Kier molecular flexibility index (Phi) is 32.6. The third-order valence-corrected chi connectivity index (χ3v) is 23.6. The van der Waals surface area contributed by atoms with E-state index in [1.165, 1.54) is 25.7 Å². The number of nitrogens with zero attached hydrogens (tertiary/aromatic N) is 6. The molecule has 3 amide bonds. The average Bonchev–Trinajstić information content (AvgIpc) is 0.748. The number of amides is 3. The van der Waals surface area contributed by atoms with Crippen molar-refractivity contribution >= 4 is 18.3 Å². The fourth-order valence-electron chi connectivity index (χ4n) is 15.7. The molecule has 9 aromatic rings. The second-order valence-electron chi connectivity index (χ2n) is 32.2. The van der Waals surface area contributed by atoms with Gasteiger partial charge in [0.05, 0.1) is 108 Å². The smallest absolute Gasteiger partial charge is 0.416 e. The first kappa shape index (κ1) is 103. The van der Waals surface area contributed by atoms with Crippen molar-refractivity contribution in [3.63, 3.8) is 0 Å². The van der Waals surface area contributed by atoms with E-state index in [-0.39, 0.29) is 95.3 Å². The highest BCUT2D eigenvalue weighted by Gasteiger charge is 2.60. The molecule has 3 aliphatic rings. The quantitative estimate of drug-likeness (QED) is 0.0220. The van der Waals surface area contributed by atoms with Crippen LogP contribution in [-0.4, -0.2) is 128 Å². The first-order valence-electron chi connectivity index (χ1n) is 40.9. The third kappa shape index (κ3) is 25.1. The van der Waals surface area contributed by atoms with Crippen LogP contribution in [0.4, 0.5) is 93.4 Å². The van der Waals surface area contributed by atoms with Gasteiger partial charge in [0.25, 0.3) is 11.1 Å². The van der Waals surface area contributed by atoms with Gasteiger partial charge in [-0.1, -0.05) is 182 Å². The van der Waals surface area contributed by atoms with Crippen molar-refractivity contribution in [2.24, 2.45) is 0 Å². The molecule has 2 N–H and O–H groups in total. The number of ether oxygens (including phenoxy) is 6. The summed E-state index contributed by atoms with van der Waals surface area (Å²) in [5.41, 5.74) is -15.2. The highest BCUT2D eigenvalue weighted by atomic mass is 19.4. The van der Waals surface area contributed by atoms with Crippen molar-refractivity contribution in [2.75, 3.05) is 52.7 Å². The van der Waals surface area contributed by atoms with Gasteiger partial charge < -0.3 is 38.6 Å². The van der Waals surface area contributed by atoms with E-state index in [4.69, 9.17) is 28.4 Å². The lowest BCUT2D eigenvalue weighted by Gasteiger charge is -2.49. The molecule has 1 unspecified atom stereocenters. The molecule has 3 heterocycles. The summed E-state index contributed by atoms with van der Waals surface area (Å²) >= 11 is 0. The van der Waals surface area contributed by atoms with Crippen LogP contribution in [0.2, 0.25) is 0 Å². The zero-order valence-corrected chi connectivity index (χ0v) is 70.9. The Morgan fingerprint density at radius 3 is 0.820 bits per heavy atom. The first-order valence-corrected chi connectivity index (χ1v) is 40.9. The van der Waals surface area contributed by atoms with Crippen molar-refractivity contribution < 1.29 is 147 Å². The molecule has 12 rings (SSSR count). The number of hydrogen-bond donors (Lipinski definition) is 2. The predicted molar refractivity (Wildman–Crippen MR) is 439 cm³/mol. The van der Waals surface area contributed by atoms with E-state index in [1.54, 1.807) is 182 Å². The van der Waals surface area contributed by atoms with E-state index in [0.29, 0.717) is 69.8 Å². The highest BCUT2D eigenvalue weighted by molar-refractivity contribution is 5.71. The molecule has 0 radical (unpaired) electrons. The molecule has 3 aliphatic heterocycles. The minimum Gasteiger partial charge on any atom is -0.445 e. The zero-order valence-electron chi connectivity index (χ0n) is 70.9. The molecule has 0 saturated carbocycles. The summed E-state index contributed by atoms with van der Waals surface area (Å²) in [7, 11) is 0. The van der Waals surface area contributed by atoms with Crippen LogP contribution in [0.5, 0.6) is 0 Å². The number of hydrogen-bond acceptors (Lipinski definition) is 17. The van der Waals surface area contributed by atoms with Crippen LogP contribution in [0.1, 0.15) is 161 Å². The zero-order chi connectivity index (χ0) is 97.5. The Balaban J connectivity index is 0.000000207. The molecule has 133 heavy (non-hydrogen) atoms. The number of benzene rings is 9. The summed E-state index contributed by atoms with van der Waals surface area (Å²) in [6.45, 7) is -1.43. The lowest BCUT2D eigenvalue weighted by atomic mass is 9.75. The van der Waals surface area contributed by atoms with Crippen LogP contribution in [0, 0.1) is 30.3 Å². The van der Waals surface area contributed by atoms with Gasteiger partial charge in [0.1, 0.15) is 33.0 Å². The highest BCUT2D eigenvalue weighted by Crippen LogP contribution is 2.50. The SMILES string of the molecule is C[C@@H](OC[C@@]1(c2ccccc2)CCC([N+](=O)[O-])CN1C(=O)OCc1ccccc1)c1cc(C(F)(F)F)cc(C(F)(F)F)c1.C[C@@H](OC[C@@]1(c2ccccc2)CC[C@@](CO)([N+](=O)[O-])CN1C(=O)OCc1ccccc1)c1cc(C(F)(F)F)cc(C(F)(F)F)c1.C[C@@H](OC[C@@]1(c2ccccc2)CC[C@](CO)([N+](=O)[O-])CN1C(=O)OCc1ccccc1)c1cc(C(F)(F)F)cc(C(F)(F)F)c1. The van der Waals surface area contributed by atoms with Gasteiger partial charge in [-0.3, -0.25) is 45.0 Å². The van der Waals surface area contributed by atoms with Gasteiger partial charge in [0.2, 0.25) is 6.04 Å². The Morgan fingerprint density at radius 2 is 0.594 bits per heavy atom. The summed E-state index contributed by atoms with van der Waals surface area (Å²) in [4.78, 5) is 78.4. The molecule has 9 aromatic carbocycles. The molecule has 3 fully saturated rings. The van der Waals surface area contributed by atoms with Gasteiger partial charge in [-0.15, -0.1) is 0 Å². The van der Waals surface area contributed by atoms with E-state index in [1.807, 2.05) is 0 Å². The third-order valence-electron chi connectivity index (χ3n) is 23.6. The number of alkyl halides is 18. The fourth-order valence-corrected chi connectivity index (χ4v) is 15.7. The Bertz CT molecular complexity index is 5130. The number of carbonyl (C=O) groups excluding carboxylic acids is 3. The monoisotopic (exact) mass is 1890 g/mol. The van der Waals surface area contributed by atoms with E-state index in [9.17, 15) is 134 Å². The number of likely N-dealkylation sites (tertiary alicyclic amines) is 3. The van der Waals surface area contributed by atoms with E-state index < -0.39 is 206 Å². The van der Waals surface area contributed by atoms with Crippen LogP contribution < -0.4 is 0 Å². The number of aliphatic hydroxyl groups excluding tert-OH is 2. The Morgan fingerprint density at radius 1 is 0.361 bits per heavy atom. The van der Waals surface area contributed by atoms with Crippen LogP contribution in [-0.2, 0) is 102 Å². The minimum atomic E-state index is -5.07. The first-order chi connectivity index (χ1) is 62.4. The number of aliphatic hydroxyl groups is 2. The van der Waals surface area contributed by atoms with Crippen molar-refractivity contribution in [1.82, 2.24) is 14.7 Å². The summed E-state index contributed by atoms with van der Waals surface area (Å²) < 4.78 is 278. The summed E-state index contributed by atoms with van der Waals surface area (Å²) in [5.74, 6) is 0. The predicted octanol–water partition coefficient (Wildman–Crippen LogP) is 22.1. The molecule has 0 bridgehead atoms. The van der Waals surface area contributed by atoms with Crippen molar-refractivity contribution in [3.05, 3.63) is 350 Å². The van der Waals surface area contributed by atoms with E-state index in [2.05, 4.69) is 0 Å². The van der Waals surface area contributed by atoms with Crippen LogP contribution >= 0.6 is 0 Å². The Labute approximate surface area is 748 Å². The maximum atomic E-state index is 13.7. The standard InChI is InChI=1S/2C31H30F6N2O6.C30H28F6N2O5/c2*1-21(23-14-25(30(32,33)34)16-26(15-23)31(35,36)37)45-20-29(24-10-6-3-7-11-24)13-12-28(19-40,39(42)43)18-38(29)27(41)44-17-22-8-4-2-5-9-22;1-20(22-14-24(29(31,32)33)16-25(15-22)30(34,35)36)43-19-28(23-10-6-3-7-11-23)13-12-26(38(40)41)17-37(28)27(39)42-18-21-8-4-2-5-9-21/h2*2-11,14-16,21,40H,12-13,17-20H2,1H3;2-11,14-16,20,26H,12-13,17-19H2,1H3/t21-,28+,29-;21-,28-,29-;20-,26?,28-/m111/s1. The van der Waals surface area contributed by atoms with Gasteiger partial charge in [0, 0.05) is 34.0 Å². The van der Waals surface area contributed by atoms with Crippen molar-refractivity contribution in [3.8, 4) is 0 Å². The molecule has 41 heteroatoms. The maximum absolute atomic E-state index is 13.7. The second kappa shape index (κ2) is 42.2. The van der Waals surface area contributed by atoms with Crippen LogP contribution in [0.15, 0.2) is 237 Å². The number of halogens is 18. The van der Waals surface area contributed by atoms with Gasteiger partial charge in [-0.05, 0) is 145 Å². The van der Waals surface area contributed by atoms with E-state index in [0.717, 1.165) is 9.80 Å². The average molecular weight is 1890 g/mol. The number of carbonyl (C=O) groups is 3. The van der Waals surface area contributed by atoms with E-state index >= 15 is 0 Å². The van der Waals surface area contributed by atoms with Gasteiger partial charge in [0.15, 0.2) is 0 Å². The largest absolute Gasteiger partial charge is 0.445 e. The number of rotatable bonds is 26. The normalized spacial score (nSPS) is 20.9. The number of nitro groups is 3. The molecule has 0 aliphatic carbocycles. The molecule has 714 valence electrons. The molecular formula is C92H88F18N6O17. The van der Waals surface area contributed by atoms with Crippen LogP contribution in [0.25, 0.3) is 0 Å². The van der Waals surface area contributed by atoms with Gasteiger partial charge in [-0.2, -0.15) is 79.0 Å². The van der Waals surface area contributed by atoms with Gasteiger partial charge >= 0.3 is 55.3 Å². The fraction of sp³-hybridized carbons (Fsp3) is 0.380. The molecule has 0 aromatic heterocycles. The lowest BCUT2D eigenvalue weighted by Crippen LogP contribution is -2.65. The summed E-state index contributed by atoms with van der Waals surface area (Å²) in [6, 6.07) is 53.0. The summed E-state index contributed by atoms with van der Waals surface area (Å²) in [5, 5.41) is 56.2. The lowest BCUT2D eigenvalue weighted by molar-refractivity contribution is -0.579. The van der Waals surface area contributed by atoms with Gasteiger partial charge in [-0.25, -0.2) is 14.4 Å². The topological polar surface area (TPSA) is 286 Å². The molecule has 3 saturated heterocycles. The molecule has 23 nitrogen and oxygen atoms in total. The molecular weight excluding hydrogens is 1800 g/mol. The molecule has 9 atom stereocenters.